The van der Waals surface area contributed by atoms with Crippen molar-refractivity contribution in [2.75, 3.05) is 20.3 Å². The van der Waals surface area contributed by atoms with E-state index in [1.165, 1.54) is 7.11 Å². The number of nitrogens with zero attached hydrogens (tertiary/aromatic N) is 3. The van der Waals surface area contributed by atoms with E-state index in [4.69, 9.17) is 21.1 Å². The number of carbonyl (C=O) groups excluding carboxylic acids is 1. The highest BCUT2D eigenvalue weighted by Gasteiger charge is 2.33. The van der Waals surface area contributed by atoms with Crippen LogP contribution in [0.4, 0.5) is 4.39 Å². The van der Waals surface area contributed by atoms with Crippen molar-refractivity contribution in [1.29, 1.82) is 0 Å². The first-order valence-corrected chi connectivity index (χ1v) is 14.1. The van der Waals surface area contributed by atoms with Gasteiger partial charge in [-0.25, -0.2) is 22.5 Å². The molecule has 0 aromatic heterocycles. The van der Waals surface area contributed by atoms with Crippen molar-refractivity contribution in [3.05, 3.63) is 40.8 Å². The molecule has 0 fully saturated rings. The number of halogens is 2. The number of rotatable bonds is 14. The SMILES string of the molecule is CC/C=C1\CC([C@@H](C/C=N\C(C)OC)NS(=O)(=O)c2ccc(F)cc2Cl)N(CCCC(=O)OCC)C=N1. The largest absolute Gasteiger partial charge is 0.466 e. The zero-order valence-electron chi connectivity index (χ0n) is 21.7. The van der Waals surface area contributed by atoms with Gasteiger partial charge in [0.05, 0.1) is 24.0 Å². The van der Waals surface area contributed by atoms with Gasteiger partial charge >= 0.3 is 5.97 Å². The van der Waals surface area contributed by atoms with Crippen LogP contribution in [-0.2, 0) is 24.3 Å². The minimum absolute atomic E-state index is 0.212. The van der Waals surface area contributed by atoms with Crippen LogP contribution in [-0.4, -0.2) is 70.4 Å². The van der Waals surface area contributed by atoms with Crippen LogP contribution in [0.1, 0.15) is 52.9 Å². The number of sulfonamides is 1. The molecule has 9 nitrogen and oxygen atoms in total. The van der Waals surface area contributed by atoms with E-state index in [0.29, 0.717) is 26.0 Å². The lowest BCUT2D eigenvalue weighted by atomic mass is 9.97. The van der Waals surface area contributed by atoms with Crippen molar-refractivity contribution in [3.8, 4) is 0 Å². The summed E-state index contributed by atoms with van der Waals surface area (Å²) in [5, 5.41) is -0.212. The Kier molecular flexibility index (Phi) is 12.7. The molecule has 0 amide bonds. The molecule has 2 rings (SSSR count). The van der Waals surface area contributed by atoms with Crippen molar-refractivity contribution in [1.82, 2.24) is 9.62 Å². The highest BCUT2D eigenvalue weighted by Crippen LogP contribution is 2.26. The second-order valence-corrected chi connectivity index (χ2v) is 10.6. The summed E-state index contributed by atoms with van der Waals surface area (Å²) in [5.74, 6) is -0.921. The fourth-order valence-electron chi connectivity index (χ4n) is 3.85. The summed E-state index contributed by atoms with van der Waals surface area (Å²) < 4.78 is 53.2. The molecule has 2 unspecified atom stereocenters. The normalized spacial score (nSPS) is 18.9. The lowest BCUT2D eigenvalue weighted by molar-refractivity contribution is -0.143. The summed E-state index contributed by atoms with van der Waals surface area (Å²) >= 11 is 6.08. The maximum absolute atomic E-state index is 13.6. The number of hydrogen-bond donors (Lipinski definition) is 1. The van der Waals surface area contributed by atoms with Gasteiger partial charge < -0.3 is 14.4 Å². The average molecular weight is 559 g/mol. The van der Waals surface area contributed by atoms with Crippen molar-refractivity contribution < 1.29 is 27.1 Å². The van der Waals surface area contributed by atoms with Crippen LogP contribution in [0.5, 0.6) is 0 Å². The van der Waals surface area contributed by atoms with E-state index in [1.54, 1.807) is 26.4 Å². The molecule has 1 aromatic carbocycles. The topological polar surface area (TPSA) is 110 Å². The van der Waals surface area contributed by atoms with E-state index in [1.807, 2.05) is 17.9 Å². The standard InChI is InChI=1S/C25H36ClFN4O5S/c1-5-8-20-16-23(31(17-29-20)14-7-9-25(32)36-6-2)22(12-13-28-18(3)35-4)30-37(33,34)24-11-10-19(27)15-21(24)26/h8,10-11,13,15,17-18,22-23,30H,5-7,9,12,14,16H2,1-4H3/b20-8+,28-13-/t18?,22-,23?/m1/s1. The number of ether oxygens (including phenoxy) is 2. The third-order valence-corrected chi connectivity index (χ3v) is 7.70. The molecule has 1 aromatic rings. The van der Waals surface area contributed by atoms with E-state index in [9.17, 15) is 17.6 Å². The van der Waals surface area contributed by atoms with Gasteiger partial charge in [0.1, 0.15) is 16.9 Å². The van der Waals surface area contributed by atoms with Crippen LogP contribution in [0.2, 0.25) is 5.02 Å². The van der Waals surface area contributed by atoms with Crippen LogP contribution >= 0.6 is 11.6 Å². The molecule has 1 aliphatic heterocycles. The van der Waals surface area contributed by atoms with Crippen LogP contribution in [0.15, 0.2) is 44.9 Å². The maximum atomic E-state index is 13.6. The predicted molar refractivity (Wildman–Crippen MR) is 143 cm³/mol. The van der Waals surface area contributed by atoms with Gasteiger partial charge in [0.2, 0.25) is 10.0 Å². The first kappa shape index (κ1) is 30.9. The fraction of sp³-hybridized carbons (Fsp3) is 0.560. The van der Waals surface area contributed by atoms with Gasteiger partial charge in [-0.3, -0.25) is 9.79 Å². The third kappa shape index (κ3) is 9.81. The molecule has 12 heteroatoms. The Morgan fingerprint density at radius 2 is 2.16 bits per heavy atom. The van der Waals surface area contributed by atoms with Crippen molar-refractivity contribution in [3.63, 3.8) is 0 Å². The summed E-state index contributed by atoms with van der Waals surface area (Å²) in [4.78, 5) is 22.4. The molecule has 1 heterocycles. The molecular weight excluding hydrogens is 523 g/mol. The molecule has 0 spiro atoms. The molecule has 0 saturated carbocycles. The number of aliphatic imine (C=N–C) groups is 2. The van der Waals surface area contributed by atoms with E-state index in [2.05, 4.69) is 14.7 Å². The molecule has 0 radical (unpaired) electrons. The minimum Gasteiger partial charge on any atom is -0.466 e. The quantitative estimate of drug-likeness (QED) is 0.269. The molecule has 0 saturated heterocycles. The monoisotopic (exact) mass is 558 g/mol. The molecule has 37 heavy (non-hydrogen) atoms. The highest BCUT2D eigenvalue weighted by atomic mass is 35.5. The number of esters is 1. The van der Waals surface area contributed by atoms with Crippen LogP contribution < -0.4 is 4.72 Å². The Bertz CT molecular complexity index is 1100. The second-order valence-electron chi connectivity index (χ2n) is 8.47. The third-order valence-electron chi connectivity index (χ3n) is 5.73. The summed E-state index contributed by atoms with van der Waals surface area (Å²) in [6.07, 6.45) is 7.14. The van der Waals surface area contributed by atoms with Gasteiger partial charge in [-0.1, -0.05) is 24.6 Å². The minimum atomic E-state index is -4.11. The van der Waals surface area contributed by atoms with E-state index >= 15 is 0 Å². The van der Waals surface area contributed by atoms with Crippen molar-refractivity contribution in [2.24, 2.45) is 9.98 Å². The summed E-state index contributed by atoms with van der Waals surface area (Å²) in [6, 6.07) is 2.17. The Balaban J connectivity index is 2.37. The fourth-order valence-corrected chi connectivity index (χ4v) is 5.66. The van der Waals surface area contributed by atoms with Crippen molar-refractivity contribution >= 4 is 40.1 Å². The van der Waals surface area contributed by atoms with Crippen LogP contribution in [0, 0.1) is 5.82 Å². The second kappa shape index (κ2) is 15.2. The zero-order chi connectivity index (χ0) is 27.4. The molecule has 3 atom stereocenters. The number of nitrogens with one attached hydrogen (secondary N) is 1. The van der Waals surface area contributed by atoms with E-state index in [-0.39, 0.29) is 34.8 Å². The Morgan fingerprint density at radius 3 is 2.81 bits per heavy atom. The number of allylic oxidation sites excluding steroid dienone is 1. The first-order valence-electron chi connectivity index (χ1n) is 12.3. The van der Waals surface area contributed by atoms with Crippen LogP contribution in [0.3, 0.4) is 0 Å². The van der Waals surface area contributed by atoms with Gasteiger partial charge in [0.15, 0.2) is 0 Å². The summed E-state index contributed by atoms with van der Waals surface area (Å²) in [6.45, 7) is 6.30. The maximum Gasteiger partial charge on any atom is 0.305 e. The zero-order valence-corrected chi connectivity index (χ0v) is 23.3. The lowest BCUT2D eigenvalue weighted by Gasteiger charge is -2.38. The highest BCUT2D eigenvalue weighted by molar-refractivity contribution is 7.89. The molecule has 0 bridgehead atoms. The molecule has 1 aliphatic rings. The Morgan fingerprint density at radius 1 is 1.41 bits per heavy atom. The van der Waals surface area contributed by atoms with Gasteiger partial charge in [-0.2, -0.15) is 0 Å². The average Bonchev–Trinajstić information content (AvgIpc) is 2.84. The molecule has 0 aliphatic carbocycles. The Labute approximate surface area is 223 Å². The predicted octanol–water partition coefficient (Wildman–Crippen LogP) is 4.32. The van der Waals surface area contributed by atoms with E-state index < -0.39 is 28.1 Å². The van der Waals surface area contributed by atoms with Crippen LogP contribution in [0.25, 0.3) is 0 Å². The number of carbonyl (C=O) groups is 1. The van der Waals surface area contributed by atoms with Crippen molar-refractivity contribution in [2.45, 2.75) is 76.1 Å². The number of methoxy groups -OCH3 is 1. The summed E-state index contributed by atoms with van der Waals surface area (Å²) in [7, 11) is -2.58. The Hall–Kier alpha value is -2.34. The van der Waals surface area contributed by atoms with Gasteiger partial charge in [-0.15, -0.1) is 0 Å². The lowest BCUT2D eigenvalue weighted by Crippen LogP contribution is -2.53. The van der Waals surface area contributed by atoms with Gasteiger partial charge in [0.25, 0.3) is 0 Å². The van der Waals surface area contributed by atoms with E-state index in [0.717, 1.165) is 30.3 Å². The molecule has 1 N–H and O–H groups in total. The smallest absolute Gasteiger partial charge is 0.305 e. The molecule has 206 valence electrons. The number of benzene rings is 1. The number of hydrogen-bond acceptors (Lipinski definition) is 8. The van der Waals surface area contributed by atoms with Gasteiger partial charge in [0, 0.05) is 50.9 Å². The molecular formula is C25H36ClFN4O5S. The van der Waals surface area contributed by atoms with Gasteiger partial charge in [-0.05, 0) is 44.9 Å². The summed E-state index contributed by atoms with van der Waals surface area (Å²) in [5.41, 5.74) is 0.834. The first-order chi connectivity index (χ1) is 17.6.